The summed E-state index contributed by atoms with van der Waals surface area (Å²) in [6, 6.07) is 6.03. The third kappa shape index (κ3) is 4.49. The summed E-state index contributed by atoms with van der Waals surface area (Å²) in [5.41, 5.74) is 2.40. The summed E-state index contributed by atoms with van der Waals surface area (Å²) in [6.07, 6.45) is 6.47. The Hall–Kier alpha value is -2.01. The number of halogens is 1. The molecule has 118 valence electrons. The van der Waals surface area contributed by atoms with Crippen LogP contribution in [-0.2, 0) is 20.0 Å². The van der Waals surface area contributed by atoms with E-state index in [4.69, 9.17) is 11.6 Å². The van der Waals surface area contributed by atoms with Gasteiger partial charge in [0.15, 0.2) is 5.96 Å². The molecule has 2 heterocycles. The van der Waals surface area contributed by atoms with Gasteiger partial charge in [0.25, 0.3) is 0 Å². The molecule has 0 saturated heterocycles. The second-order valence-corrected chi connectivity index (χ2v) is 5.63. The van der Waals surface area contributed by atoms with Crippen molar-refractivity contribution in [1.82, 2.24) is 19.8 Å². The fourth-order valence-corrected chi connectivity index (χ4v) is 2.57. The van der Waals surface area contributed by atoms with Crippen molar-refractivity contribution in [2.75, 3.05) is 20.6 Å². The highest BCUT2D eigenvalue weighted by atomic mass is 35.5. The van der Waals surface area contributed by atoms with Gasteiger partial charge in [0, 0.05) is 52.0 Å². The van der Waals surface area contributed by atoms with Crippen LogP contribution in [0.25, 0.3) is 0 Å². The van der Waals surface area contributed by atoms with Crippen molar-refractivity contribution in [3.63, 3.8) is 0 Å². The average Bonchev–Trinajstić information content (AvgIpc) is 2.82. The van der Waals surface area contributed by atoms with Gasteiger partial charge in [0.05, 0.1) is 11.6 Å². The molecule has 6 heteroatoms. The molecule has 0 aliphatic carbocycles. The molecular weight excluding hydrogens is 298 g/mol. The predicted octanol–water partition coefficient (Wildman–Crippen LogP) is 2.32. The average molecular weight is 320 g/mol. The maximum absolute atomic E-state index is 6.02. The van der Waals surface area contributed by atoms with Gasteiger partial charge in [0.2, 0.25) is 0 Å². The summed E-state index contributed by atoms with van der Waals surface area (Å²) >= 11 is 6.02. The Bertz CT molecular complexity index is 621. The van der Waals surface area contributed by atoms with Crippen molar-refractivity contribution in [2.45, 2.75) is 13.0 Å². The number of nitrogens with zero attached hydrogens (tertiary/aromatic N) is 4. The van der Waals surface area contributed by atoms with Crippen molar-refractivity contribution in [3.05, 3.63) is 53.1 Å². The molecule has 0 aliphatic rings. The summed E-state index contributed by atoms with van der Waals surface area (Å²) in [5, 5.41) is 4.13. The van der Waals surface area contributed by atoms with Gasteiger partial charge in [-0.25, -0.2) is 0 Å². The molecule has 0 spiro atoms. The fourth-order valence-electron chi connectivity index (χ4n) is 2.29. The zero-order valence-corrected chi connectivity index (χ0v) is 14.0. The quantitative estimate of drug-likeness (QED) is 0.679. The number of hydrogen-bond acceptors (Lipinski definition) is 2. The topological polar surface area (TPSA) is 45.5 Å². The summed E-state index contributed by atoms with van der Waals surface area (Å²) in [4.78, 5) is 10.4. The molecule has 22 heavy (non-hydrogen) atoms. The minimum absolute atomic E-state index is 0.748. The van der Waals surface area contributed by atoms with Crippen molar-refractivity contribution in [2.24, 2.45) is 12.0 Å². The van der Waals surface area contributed by atoms with E-state index >= 15 is 0 Å². The van der Waals surface area contributed by atoms with Crippen LogP contribution in [0.3, 0.4) is 0 Å². The van der Waals surface area contributed by atoms with Gasteiger partial charge in [-0.05, 0) is 30.2 Å². The molecule has 0 bridgehead atoms. The largest absolute Gasteiger partial charge is 0.356 e. The van der Waals surface area contributed by atoms with Crippen molar-refractivity contribution in [3.8, 4) is 0 Å². The van der Waals surface area contributed by atoms with E-state index in [1.807, 2.05) is 55.5 Å². The highest BCUT2D eigenvalue weighted by molar-refractivity contribution is 6.30. The van der Waals surface area contributed by atoms with E-state index in [0.29, 0.717) is 0 Å². The van der Waals surface area contributed by atoms with Gasteiger partial charge >= 0.3 is 0 Å². The minimum Gasteiger partial charge on any atom is -0.356 e. The van der Waals surface area contributed by atoms with Crippen LogP contribution in [-0.4, -0.2) is 41.1 Å². The van der Waals surface area contributed by atoms with Gasteiger partial charge in [-0.15, -0.1) is 0 Å². The standard InChI is InChI=1S/C16H22ClN5/c1-18-16(20-9-6-13-4-7-19-8-5-13)22(3)12-15-10-14(17)11-21(15)2/h4-5,7-8,10-11H,6,9,12H2,1-3H3,(H,18,20). The van der Waals surface area contributed by atoms with E-state index in [-0.39, 0.29) is 0 Å². The second-order valence-electron chi connectivity index (χ2n) is 5.20. The molecule has 0 fully saturated rings. The first-order chi connectivity index (χ1) is 10.6. The molecule has 0 aromatic carbocycles. The maximum atomic E-state index is 6.02. The molecule has 0 radical (unpaired) electrons. The lowest BCUT2D eigenvalue weighted by molar-refractivity contribution is 0.462. The van der Waals surface area contributed by atoms with Gasteiger partial charge in [-0.3, -0.25) is 9.98 Å². The molecule has 0 unspecified atom stereocenters. The van der Waals surface area contributed by atoms with E-state index in [1.165, 1.54) is 5.56 Å². The van der Waals surface area contributed by atoms with E-state index < -0.39 is 0 Å². The summed E-state index contributed by atoms with van der Waals surface area (Å²) in [7, 11) is 5.81. The normalized spacial score (nSPS) is 11.5. The Labute approximate surface area is 136 Å². The van der Waals surface area contributed by atoms with Gasteiger partial charge in [-0.2, -0.15) is 0 Å². The Balaban J connectivity index is 1.87. The number of nitrogens with one attached hydrogen (secondary N) is 1. The van der Waals surface area contributed by atoms with Crippen LogP contribution in [0, 0.1) is 0 Å². The zero-order chi connectivity index (χ0) is 15.9. The number of aromatic nitrogens is 2. The first-order valence-corrected chi connectivity index (χ1v) is 7.59. The number of aryl methyl sites for hydroxylation is 1. The Kier molecular flexibility index (Phi) is 5.83. The second kappa shape index (κ2) is 7.84. The lowest BCUT2D eigenvalue weighted by Crippen LogP contribution is -2.39. The lowest BCUT2D eigenvalue weighted by Gasteiger charge is -2.22. The molecule has 2 aromatic heterocycles. The number of hydrogen-bond donors (Lipinski definition) is 1. The Morgan fingerprint density at radius 2 is 2.14 bits per heavy atom. The molecule has 0 saturated carbocycles. The van der Waals surface area contributed by atoms with Gasteiger partial charge in [-0.1, -0.05) is 11.6 Å². The number of aliphatic imine (C=N–C) groups is 1. The van der Waals surface area contributed by atoms with Gasteiger partial charge < -0.3 is 14.8 Å². The van der Waals surface area contributed by atoms with Crippen LogP contribution in [0.1, 0.15) is 11.3 Å². The highest BCUT2D eigenvalue weighted by Crippen LogP contribution is 2.14. The van der Waals surface area contributed by atoms with Crippen LogP contribution in [0.2, 0.25) is 5.02 Å². The molecule has 0 amide bonds. The van der Waals surface area contributed by atoms with Crippen LogP contribution in [0.4, 0.5) is 0 Å². The van der Waals surface area contributed by atoms with Crippen LogP contribution in [0.15, 0.2) is 41.8 Å². The molecular formula is C16H22ClN5. The van der Waals surface area contributed by atoms with E-state index in [0.717, 1.165) is 36.2 Å². The zero-order valence-electron chi connectivity index (χ0n) is 13.3. The number of guanidine groups is 1. The highest BCUT2D eigenvalue weighted by Gasteiger charge is 2.09. The lowest BCUT2D eigenvalue weighted by atomic mass is 10.2. The van der Waals surface area contributed by atoms with Gasteiger partial charge in [0.1, 0.15) is 0 Å². The van der Waals surface area contributed by atoms with Crippen LogP contribution in [0.5, 0.6) is 0 Å². The Morgan fingerprint density at radius 1 is 1.41 bits per heavy atom. The SMILES string of the molecule is CN=C(NCCc1ccncc1)N(C)Cc1cc(Cl)cn1C. The molecule has 5 nitrogen and oxygen atoms in total. The first kappa shape index (κ1) is 16.4. The molecule has 2 aromatic rings. The number of rotatable bonds is 5. The fraction of sp³-hybridized carbons (Fsp3) is 0.375. The van der Waals surface area contributed by atoms with E-state index in [1.54, 1.807) is 7.05 Å². The summed E-state index contributed by atoms with van der Waals surface area (Å²) in [5.74, 6) is 0.867. The van der Waals surface area contributed by atoms with E-state index in [9.17, 15) is 0 Å². The number of pyridine rings is 1. The summed E-state index contributed by atoms with van der Waals surface area (Å²) in [6.45, 7) is 1.58. The monoisotopic (exact) mass is 319 g/mol. The third-order valence-corrected chi connectivity index (χ3v) is 3.70. The van der Waals surface area contributed by atoms with Crippen molar-refractivity contribution < 1.29 is 0 Å². The molecule has 0 atom stereocenters. The van der Waals surface area contributed by atoms with E-state index in [2.05, 4.69) is 20.2 Å². The van der Waals surface area contributed by atoms with Crippen molar-refractivity contribution in [1.29, 1.82) is 0 Å². The molecule has 1 N–H and O–H groups in total. The smallest absolute Gasteiger partial charge is 0.193 e. The molecule has 2 rings (SSSR count). The summed E-state index contributed by atoms with van der Waals surface area (Å²) < 4.78 is 2.03. The maximum Gasteiger partial charge on any atom is 0.193 e. The van der Waals surface area contributed by atoms with Crippen LogP contribution < -0.4 is 5.32 Å². The van der Waals surface area contributed by atoms with Crippen LogP contribution >= 0.6 is 11.6 Å². The third-order valence-electron chi connectivity index (χ3n) is 3.49. The predicted molar refractivity (Wildman–Crippen MR) is 91.2 cm³/mol. The first-order valence-electron chi connectivity index (χ1n) is 7.21. The van der Waals surface area contributed by atoms with Crippen molar-refractivity contribution >= 4 is 17.6 Å². The minimum atomic E-state index is 0.748. The molecule has 0 aliphatic heterocycles. The Morgan fingerprint density at radius 3 is 2.73 bits per heavy atom.